The second-order valence-electron chi connectivity index (χ2n) is 5.81. The minimum atomic E-state index is -0.117. The summed E-state index contributed by atoms with van der Waals surface area (Å²) in [5.41, 5.74) is 3.14. The molecule has 4 nitrogen and oxygen atoms in total. The molecule has 2 aromatic heterocycles. The van der Waals surface area contributed by atoms with Crippen LogP contribution in [0, 0.1) is 6.92 Å². The maximum Gasteiger partial charge on any atom is 0.233 e. The summed E-state index contributed by atoms with van der Waals surface area (Å²) in [7, 11) is 0. The number of amides is 1. The molecule has 0 spiro atoms. The van der Waals surface area contributed by atoms with E-state index in [1.165, 1.54) is 5.56 Å². The van der Waals surface area contributed by atoms with Crippen LogP contribution in [-0.4, -0.2) is 27.1 Å². The van der Waals surface area contributed by atoms with E-state index < -0.39 is 0 Å². The molecule has 0 aliphatic carbocycles. The number of carbonyl (C=O) groups excluding carboxylic acids is 1. The van der Waals surface area contributed by atoms with E-state index in [9.17, 15) is 4.79 Å². The minimum absolute atomic E-state index is 0.0596. The third-order valence-electron chi connectivity index (χ3n) is 3.80. The van der Waals surface area contributed by atoms with Crippen LogP contribution in [0.4, 0.5) is 0 Å². The summed E-state index contributed by atoms with van der Waals surface area (Å²) in [6, 6.07) is 14.2. The number of hydrogen-bond acceptors (Lipinski definition) is 3. The molecule has 1 amide bonds. The monoisotopic (exact) mass is 339 g/mol. The Labute approximate surface area is 146 Å². The van der Waals surface area contributed by atoms with Gasteiger partial charge in [-0.3, -0.25) is 4.79 Å². The van der Waals surface area contributed by atoms with Gasteiger partial charge in [-0.05, 0) is 38.1 Å². The summed E-state index contributed by atoms with van der Waals surface area (Å²) in [5, 5.41) is 2.88. The van der Waals surface area contributed by atoms with E-state index >= 15 is 0 Å². The molecule has 3 rings (SSSR count). The Balaban J connectivity index is 1.48. The Morgan fingerprint density at radius 2 is 2.04 bits per heavy atom. The van der Waals surface area contributed by atoms with Crippen molar-refractivity contribution in [3.63, 3.8) is 0 Å². The van der Waals surface area contributed by atoms with E-state index in [2.05, 4.69) is 41.5 Å². The van der Waals surface area contributed by atoms with Crippen LogP contribution < -0.4 is 5.32 Å². The molecule has 124 valence electrons. The lowest BCUT2D eigenvalue weighted by atomic mass is 10.2. The average Bonchev–Trinajstić information content (AvgIpc) is 2.99. The zero-order chi connectivity index (χ0) is 16.9. The summed E-state index contributed by atoms with van der Waals surface area (Å²) in [4.78, 5) is 17.9. The molecule has 1 aromatic carbocycles. The van der Waals surface area contributed by atoms with Crippen LogP contribution in [-0.2, 0) is 11.2 Å². The Kier molecular flexibility index (Phi) is 5.20. The highest BCUT2D eigenvalue weighted by atomic mass is 32.2. The van der Waals surface area contributed by atoms with Crippen molar-refractivity contribution in [1.82, 2.24) is 14.7 Å². The van der Waals surface area contributed by atoms with Crippen LogP contribution >= 0.6 is 11.8 Å². The topological polar surface area (TPSA) is 46.4 Å². The van der Waals surface area contributed by atoms with Crippen molar-refractivity contribution in [2.75, 3.05) is 6.54 Å². The minimum Gasteiger partial charge on any atom is -0.355 e. The maximum atomic E-state index is 12.2. The number of pyridine rings is 1. The number of hydrogen-bond donors (Lipinski definition) is 1. The van der Waals surface area contributed by atoms with Gasteiger partial charge in [0.2, 0.25) is 5.91 Å². The molecule has 0 aliphatic rings. The number of benzene rings is 1. The molecule has 24 heavy (non-hydrogen) atoms. The van der Waals surface area contributed by atoms with Crippen LogP contribution in [0.25, 0.3) is 5.65 Å². The molecule has 0 saturated carbocycles. The molecule has 0 unspecified atom stereocenters. The summed E-state index contributed by atoms with van der Waals surface area (Å²) < 4.78 is 1.99. The van der Waals surface area contributed by atoms with E-state index in [1.54, 1.807) is 11.8 Å². The van der Waals surface area contributed by atoms with Gasteiger partial charge in [-0.1, -0.05) is 23.8 Å². The van der Waals surface area contributed by atoms with Gasteiger partial charge in [-0.15, -0.1) is 11.8 Å². The third-order valence-corrected chi connectivity index (χ3v) is 4.91. The molecule has 2 heterocycles. The number of fused-ring (bicyclic) bond motifs is 1. The van der Waals surface area contributed by atoms with Crippen LogP contribution in [0.15, 0.2) is 59.8 Å². The van der Waals surface area contributed by atoms with E-state index in [-0.39, 0.29) is 11.2 Å². The highest BCUT2D eigenvalue weighted by Crippen LogP contribution is 2.23. The molecule has 0 radical (unpaired) electrons. The summed E-state index contributed by atoms with van der Waals surface area (Å²) in [6.07, 6.45) is 4.71. The maximum absolute atomic E-state index is 12.2. The molecule has 0 aliphatic heterocycles. The van der Waals surface area contributed by atoms with Crippen LogP contribution in [0.3, 0.4) is 0 Å². The molecule has 0 bridgehead atoms. The zero-order valence-electron chi connectivity index (χ0n) is 13.9. The van der Waals surface area contributed by atoms with Crippen molar-refractivity contribution in [2.24, 2.45) is 0 Å². The van der Waals surface area contributed by atoms with Crippen molar-refractivity contribution in [1.29, 1.82) is 0 Å². The van der Waals surface area contributed by atoms with Gasteiger partial charge in [0.15, 0.2) is 0 Å². The van der Waals surface area contributed by atoms with Gasteiger partial charge in [-0.2, -0.15) is 0 Å². The van der Waals surface area contributed by atoms with Crippen molar-refractivity contribution in [3.8, 4) is 0 Å². The van der Waals surface area contributed by atoms with Crippen molar-refractivity contribution in [3.05, 3.63) is 66.1 Å². The normalized spacial score (nSPS) is 12.2. The number of rotatable bonds is 6. The van der Waals surface area contributed by atoms with E-state index in [4.69, 9.17) is 0 Å². The fourth-order valence-electron chi connectivity index (χ4n) is 2.44. The summed E-state index contributed by atoms with van der Waals surface area (Å²) in [6.45, 7) is 4.59. The van der Waals surface area contributed by atoms with Gasteiger partial charge in [-0.25, -0.2) is 4.98 Å². The SMILES string of the molecule is Cc1ccc(S[C@H](C)C(=O)NCCc2cn3ccccc3n2)cc1. The fraction of sp³-hybridized carbons (Fsp3) is 0.263. The molecule has 0 fully saturated rings. The van der Waals surface area contributed by atoms with Gasteiger partial charge in [0.1, 0.15) is 5.65 Å². The second kappa shape index (κ2) is 7.53. The first-order valence-electron chi connectivity index (χ1n) is 8.05. The predicted molar refractivity (Wildman–Crippen MR) is 98.4 cm³/mol. The number of thioether (sulfide) groups is 1. The quantitative estimate of drug-likeness (QED) is 0.699. The number of imidazole rings is 1. The van der Waals surface area contributed by atoms with E-state index in [1.807, 2.05) is 41.9 Å². The Morgan fingerprint density at radius 1 is 1.25 bits per heavy atom. The number of carbonyl (C=O) groups is 1. The van der Waals surface area contributed by atoms with Crippen LogP contribution in [0.5, 0.6) is 0 Å². The molecule has 5 heteroatoms. The largest absolute Gasteiger partial charge is 0.355 e. The van der Waals surface area contributed by atoms with E-state index in [0.29, 0.717) is 6.54 Å². The first-order valence-corrected chi connectivity index (χ1v) is 8.93. The number of aryl methyl sites for hydroxylation is 1. The van der Waals surface area contributed by atoms with Gasteiger partial charge in [0.25, 0.3) is 0 Å². The zero-order valence-corrected chi connectivity index (χ0v) is 14.7. The Morgan fingerprint density at radius 3 is 2.79 bits per heavy atom. The third kappa shape index (κ3) is 4.17. The first-order chi connectivity index (χ1) is 11.6. The molecule has 1 N–H and O–H groups in total. The number of aromatic nitrogens is 2. The van der Waals surface area contributed by atoms with Crippen molar-refractivity contribution < 1.29 is 4.79 Å². The lowest BCUT2D eigenvalue weighted by Gasteiger charge is -2.11. The molecule has 1 atom stereocenters. The Hall–Kier alpha value is -2.27. The van der Waals surface area contributed by atoms with Crippen LogP contribution in [0.1, 0.15) is 18.2 Å². The Bertz CT molecular complexity index is 793. The lowest BCUT2D eigenvalue weighted by molar-refractivity contribution is -0.120. The van der Waals surface area contributed by atoms with Crippen LogP contribution in [0.2, 0.25) is 0 Å². The standard InChI is InChI=1S/C19H21N3OS/c1-14-6-8-17(9-7-14)24-15(2)19(23)20-11-10-16-13-22-12-4-3-5-18(22)21-16/h3-9,12-13,15H,10-11H2,1-2H3,(H,20,23)/t15-/m1/s1. The second-order valence-corrected chi connectivity index (χ2v) is 7.23. The highest BCUT2D eigenvalue weighted by Gasteiger charge is 2.14. The molecular formula is C19H21N3OS. The van der Waals surface area contributed by atoms with Gasteiger partial charge in [0, 0.05) is 30.3 Å². The smallest absolute Gasteiger partial charge is 0.233 e. The number of nitrogens with zero attached hydrogens (tertiary/aromatic N) is 2. The van der Waals surface area contributed by atoms with E-state index in [0.717, 1.165) is 22.7 Å². The van der Waals surface area contributed by atoms with Gasteiger partial charge >= 0.3 is 0 Å². The average molecular weight is 339 g/mol. The first kappa shape index (κ1) is 16.6. The number of nitrogens with one attached hydrogen (secondary N) is 1. The predicted octanol–water partition coefficient (Wildman–Crippen LogP) is 3.48. The van der Waals surface area contributed by atoms with Gasteiger partial charge < -0.3 is 9.72 Å². The highest BCUT2D eigenvalue weighted by molar-refractivity contribution is 8.00. The van der Waals surface area contributed by atoms with Gasteiger partial charge in [0.05, 0.1) is 10.9 Å². The van der Waals surface area contributed by atoms with Crippen molar-refractivity contribution >= 4 is 23.3 Å². The molecular weight excluding hydrogens is 318 g/mol. The summed E-state index contributed by atoms with van der Waals surface area (Å²) in [5.74, 6) is 0.0596. The summed E-state index contributed by atoms with van der Waals surface area (Å²) >= 11 is 1.58. The molecule has 3 aromatic rings. The van der Waals surface area contributed by atoms with Crippen molar-refractivity contribution in [2.45, 2.75) is 30.4 Å². The molecule has 0 saturated heterocycles. The lowest BCUT2D eigenvalue weighted by Crippen LogP contribution is -2.32. The fourth-order valence-corrected chi connectivity index (χ4v) is 3.33.